The quantitative estimate of drug-likeness (QED) is 0.370. The van der Waals surface area contributed by atoms with Gasteiger partial charge in [-0.05, 0) is 13.0 Å². The van der Waals surface area contributed by atoms with Gasteiger partial charge in [-0.2, -0.15) is 22.0 Å². The lowest BCUT2D eigenvalue weighted by Gasteiger charge is -2.13. The molecule has 10 heteroatoms. The van der Waals surface area contributed by atoms with Crippen molar-refractivity contribution in [3.05, 3.63) is 33.4 Å². The van der Waals surface area contributed by atoms with Gasteiger partial charge in [0.2, 0.25) is 5.75 Å². The summed E-state index contributed by atoms with van der Waals surface area (Å²) in [6.45, 7) is -2.71. The zero-order valence-corrected chi connectivity index (χ0v) is 9.70. The maximum Gasteiger partial charge on any atom is 0.417 e. The standard InChI is InChI=1S/C10H6F5NO4/c1-4(17)5-2-8(20-9(11)12)7(16(18)19)3-6(5)10(13,14)15/h2-3,9H,1H3. The number of Topliss-reactive ketones (excluding diaryl/α,β-unsaturated/α-hetero) is 1. The number of hydrogen-bond acceptors (Lipinski definition) is 4. The normalized spacial score (nSPS) is 11.6. The largest absolute Gasteiger partial charge is 0.427 e. The monoisotopic (exact) mass is 299 g/mol. The highest BCUT2D eigenvalue weighted by Gasteiger charge is 2.38. The Morgan fingerprint density at radius 3 is 2.25 bits per heavy atom. The summed E-state index contributed by atoms with van der Waals surface area (Å²) in [6, 6.07) is 0.282. The number of ether oxygens (including phenoxy) is 1. The molecule has 1 aromatic rings. The SMILES string of the molecule is CC(=O)c1cc(OC(F)F)c([N+](=O)[O-])cc1C(F)(F)F. The van der Waals surface area contributed by atoms with Gasteiger partial charge >= 0.3 is 18.5 Å². The fourth-order valence-corrected chi connectivity index (χ4v) is 1.43. The third kappa shape index (κ3) is 3.39. The summed E-state index contributed by atoms with van der Waals surface area (Å²) >= 11 is 0. The van der Waals surface area contributed by atoms with Crippen LogP contribution >= 0.6 is 0 Å². The number of benzene rings is 1. The summed E-state index contributed by atoms with van der Waals surface area (Å²) in [6.07, 6.45) is -5.05. The molecule has 1 rings (SSSR count). The molecule has 0 amide bonds. The van der Waals surface area contributed by atoms with E-state index in [4.69, 9.17) is 0 Å². The van der Waals surface area contributed by atoms with Crippen LogP contribution < -0.4 is 4.74 Å². The smallest absolute Gasteiger partial charge is 0.417 e. The minimum Gasteiger partial charge on any atom is -0.427 e. The van der Waals surface area contributed by atoms with Gasteiger partial charge in [-0.25, -0.2) is 0 Å². The maximum atomic E-state index is 12.7. The Morgan fingerprint density at radius 2 is 1.90 bits per heavy atom. The molecule has 0 saturated carbocycles. The number of rotatable bonds is 4. The molecule has 0 aliphatic rings. The zero-order chi connectivity index (χ0) is 15.7. The van der Waals surface area contributed by atoms with Crippen molar-refractivity contribution in [3.8, 4) is 5.75 Å². The van der Waals surface area contributed by atoms with Crippen molar-refractivity contribution < 1.29 is 36.4 Å². The van der Waals surface area contributed by atoms with E-state index in [1.54, 1.807) is 0 Å². The van der Waals surface area contributed by atoms with Gasteiger partial charge in [-0.1, -0.05) is 0 Å². The van der Waals surface area contributed by atoms with Gasteiger partial charge < -0.3 is 4.74 Å². The second-order valence-corrected chi connectivity index (χ2v) is 3.56. The van der Waals surface area contributed by atoms with Crippen LogP contribution in [-0.2, 0) is 6.18 Å². The van der Waals surface area contributed by atoms with E-state index < -0.39 is 46.1 Å². The van der Waals surface area contributed by atoms with Gasteiger partial charge in [-0.15, -0.1) is 0 Å². The van der Waals surface area contributed by atoms with Crippen molar-refractivity contribution in [2.24, 2.45) is 0 Å². The summed E-state index contributed by atoms with van der Waals surface area (Å²) in [4.78, 5) is 20.4. The highest BCUT2D eigenvalue weighted by molar-refractivity contribution is 5.96. The zero-order valence-electron chi connectivity index (χ0n) is 9.70. The Labute approximate surface area is 108 Å². The van der Waals surface area contributed by atoms with E-state index in [0.29, 0.717) is 0 Å². The third-order valence-corrected chi connectivity index (χ3v) is 2.20. The molecule has 20 heavy (non-hydrogen) atoms. The van der Waals surface area contributed by atoms with Gasteiger partial charge in [0.1, 0.15) is 0 Å². The molecule has 0 aromatic heterocycles. The molecule has 0 spiro atoms. The number of alkyl halides is 5. The van der Waals surface area contributed by atoms with Gasteiger partial charge in [0.15, 0.2) is 5.78 Å². The average Bonchev–Trinajstić information content (AvgIpc) is 2.25. The Hall–Kier alpha value is -2.26. The number of halogens is 5. The van der Waals surface area contributed by atoms with Crippen molar-refractivity contribution >= 4 is 11.5 Å². The van der Waals surface area contributed by atoms with Crippen LogP contribution in [0.4, 0.5) is 27.6 Å². The number of nitrogens with zero attached hydrogens (tertiary/aromatic N) is 1. The molecular weight excluding hydrogens is 293 g/mol. The van der Waals surface area contributed by atoms with Crippen molar-refractivity contribution in [2.75, 3.05) is 0 Å². The summed E-state index contributed by atoms with van der Waals surface area (Å²) in [5.41, 5.74) is -3.88. The van der Waals surface area contributed by atoms with E-state index in [9.17, 15) is 36.9 Å². The summed E-state index contributed by atoms with van der Waals surface area (Å²) in [7, 11) is 0. The maximum absolute atomic E-state index is 12.7. The van der Waals surface area contributed by atoms with Crippen molar-refractivity contribution in [3.63, 3.8) is 0 Å². The van der Waals surface area contributed by atoms with E-state index in [2.05, 4.69) is 4.74 Å². The van der Waals surface area contributed by atoms with Crippen molar-refractivity contribution in [1.82, 2.24) is 0 Å². The lowest BCUT2D eigenvalue weighted by atomic mass is 10.0. The van der Waals surface area contributed by atoms with Crippen LogP contribution in [0.2, 0.25) is 0 Å². The Morgan fingerprint density at radius 1 is 1.35 bits per heavy atom. The summed E-state index contributed by atoms with van der Waals surface area (Å²) in [5, 5.41) is 10.6. The molecule has 0 heterocycles. The third-order valence-electron chi connectivity index (χ3n) is 2.20. The molecule has 0 atom stereocenters. The minimum atomic E-state index is -5.05. The average molecular weight is 299 g/mol. The van der Waals surface area contributed by atoms with Gasteiger partial charge in [0, 0.05) is 11.6 Å². The fourth-order valence-electron chi connectivity index (χ4n) is 1.43. The first-order valence-electron chi connectivity index (χ1n) is 4.89. The molecule has 110 valence electrons. The van der Waals surface area contributed by atoms with E-state index in [1.807, 2.05) is 0 Å². The lowest BCUT2D eigenvalue weighted by molar-refractivity contribution is -0.386. The summed E-state index contributed by atoms with van der Waals surface area (Å²) < 4.78 is 66.0. The minimum absolute atomic E-state index is 0.00551. The van der Waals surface area contributed by atoms with Crippen LogP contribution in [0.25, 0.3) is 0 Å². The highest BCUT2D eigenvalue weighted by atomic mass is 19.4. The Bertz CT molecular complexity index is 555. The summed E-state index contributed by atoms with van der Waals surface area (Å²) in [5.74, 6) is -2.20. The molecule has 1 aromatic carbocycles. The van der Waals surface area contributed by atoms with E-state index in [1.165, 1.54) is 0 Å². The first-order chi connectivity index (χ1) is 9.04. The fraction of sp³-hybridized carbons (Fsp3) is 0.300. The first-order valence-corrected chi connectivity index (χ1v) is 4.89. The van der Waals surface area contributed by atoms with Crippen LogP contribution in [0.3, 0.4) is 0 Å². The topological polar surface area (TPSA) is 69.4 Å². The molecule has 0 N–H and O–H groups in total. The number of nitro groups is 1. The van der Waals surface area contributed by atoms with Crippen molar-refractivity contribution in [2.45, 2.75) is 19.7 Å². The van der Waals surface area contributed by atoms with E-state index in [-0.39, 0.29) is 12.1 Å². The molecule has 0 saturated heterocycles. The van der Waals surface area contributed by atoms with E-state index >= 15 is 0 Å². The molecule has 0 unspecified atom stereocenters. The second-order valence-electron chi connectivity index (χ2n) is 3.56. The predicted molar refractivity (Wildman–Crippen MR) is 54.7 cm³/mol. The molecule has 0 aliphatic heterocycles. The van der Waals surface area contributed by atoms with Crippen LogP contribution in [-0.4, -0.2) is 17.3 Å². The van der Waals surface area contributed by atoms with Crippen molar-refractivity contribution in [1.29, 1.82) is 0 Å². The number of ketones is 1. The Kier molecular flexibility index (Phi) is 4.26. The molecular formula is C10H6F5NO4. The number of carbonyl (C=O) groups excluding carboxylic acids is 1. The molecule has 0 radical (unpaired) electrons. The molecule has 0 fully saturated rings. The van der Waals surface area contributed by atoms with Crippen LogP contribution in [0.5, 0.6) is 5.75 Å². The second kappa shape index (κ2) is 5.39. The number of nitro benzene ring substituents is 1. The Balaban J connectivity index is 3.60. The molecule has 5 nitrogen and oxygen atoms in total. The van der Waals surface area contributed by atoms with Crippen LogP contribution in [0, 0.1) is 10.1 Å². The number of hydrogen-bond donors (Lipinski definition) is 0. The first kappa shape index (κ1) is 15.8. The van der Waals surface area contributed by atoms with E-state index in [0.717, 1.165) is 6.92 Å². The van der Waals surface area contributed by atoms with Gasteiger partial charge in [0.05, 0.1) is 10.5 Å². The van der Waals surface area contributed by atoms with Crippen LogP contribution in [0.15, 0.2) is 12.1 Å². The van der Waals surface area contributed by atoms with Gasteiger partial charge in [0.25, 0.3) is 0 Å². The molecule has 0 bridgehead atoms. The lowest BCUT2D eigenvalue weighted by Crippen LogP contribution is -2.14. The van der Waals surface area contributed by atoms with Crippen LogP contribution in [0.1, 0.15) is 22.8 Å². The molecule has 0 aliphatic carbocycles. The highest BCUT2D eigenvalue weighted by Crippen LogP contribution is 2.39. The predicted octanol–water partition coefficient (Wildman–Crippen LogP) is 3.42. The van der Waals surface area contributed by atoms with Gasteiger partial charge in [-0.3, -0.25) is 14.9 Å². The number of carbonyl (C=O) groups is 1.